The molecule has 26 heavy (non-hydrogen) atoms. The van der Waals surface area contributed by atoms with Gasteiger partial charge in [-0.15, -0.1) is 0 Å². The molecule has 1 aliphatic carbocycles. The second kappa shape index (κ2) is 7.95. The summed E-state index contributed by atoms with van der Waals surface area (Å²) in [5.74, 6) is -2.54. The van der Waals surface area contributed by atoms with E-state index in [9.17, 15) is 19.1 Å². The van der Waals surface area contributed by atoms with Gasteiger partial charge in [-0.3, -0.25) is 9.59 Å². The van der Waals surface area contributed by atoms with Crippen LogP contribution in [0, 0.1) is 5.82 Å². The number of nitrogens with zero attached hydrogens (tertiary/aromatic N) is 1. The predicted octanol–water partition coefficient (Wildman–Crippen LogP) is 2.75. The molecule has 0 spiro atoms. The summed E-state index contributed by atoms with van der Waals surface area (Å²) in [5.41, 5.74) is 0.764. The summed E-state index contributed by atoms with van der Waals surface area (Å²) in [6.07, 6.45) is 4.73. The molecule has 1 heterocycles. The molecule has 2 N–H and O–H groups in total. The summed E-state index contributed by atoms with van der Waals surface area (Å²) in [6, 6.07) is 8.27. The van der Waals surface area contributed by atoms with E-state index in [2.05, 4.69) is 10.3 Å². The maximum absolute atomic E-state index is 13.0. The van der Waals surface area contributed by atoms with Crippen LogP contribution in [0.3, 0.4) is 0 Å². The summed E-state index contributed by atoms with van der Waals surface area (Å²) in [5, 5.41) is 12.0. The van der Waals surface area contributed by atoms with Crippen LogP contribution >= 0.6 is 0 Å². The number of amides is 1. The minimum absolute atomic E-state index is 0.110. The van der Waals surface area contributed by atoms with Gasteiger partial charge in [0.1, 0.15) is 11.9 Å². The maximum Gasteiger partial charge on any atom is 0.312 e. The van der Waals surface area contributed by atoms with Gasteiger partial charge in [0.15, 0.2) is 0 Å². The van der Waals surface area contributed by atoms with Crippen molar-refractivity contribution in [3.05, 3.63) is 59.5 Å². The Bertz CT molecular complexity index is 790. The van der Waals surface area contributed by atoms with E-state index < -0.39 is 23.6 Å². The maximum atomic E-state index is 13.0. The molecule has 1 aliphatic rings. The number of carboxylic acid groups (broad SMARTS) is 1. The first kappa shape index (κ1) is 17.8. The highest BCUT2D eigenvalue weighted by Crippen LogP contribution is 2.24. The second-order valence-electron chi connectivity index (χ2n) is 6.21. The van der Waals surface area contributed by atoms with Gasteiger partial charge in [0, 0.05) is 24.4 Å². The highest BCUT2D eigenvalue weighted by molar-refractivity contribution is 5.94. The van der Waals surface area contributed by atoms with Gasteiger partial charge in [0.25, 0.3) is 5.91 Å². The topological polar surface area (TPSA) is 88.5 Å². The number of aliphatic carboxylic acids is 1. The zero-order valence-electron chi connectivity index (χ0n) is 14.0. The molecule has 7 heteroatoms. The van der Waals surface area contributed by atoms with Crippen molar-refractivity contribution in [1.82, 2.24) is 10.3 Å². The van der Waals surface area contributed by atoms with E-state index >= 15 is 0 Å². The lowest BCUT2D eigenvalue weighted by Crippen LogP contribution is -2.32. The Balaban J connectivity index is 1.63. The Hall–Kier alpha value is -2.96. The van der Waals surface area contributed by atoms with Crippen molar-refractivity contribution in [3.8, 4) is 5.88 Å². The third-order valence-corrected chi connectivity index (χ3v) is 4.37. The fourth-order valence-electron chi connectivity index (χ4n) is 2.61. The average Bonchev–Trinajstić information content (AvgIpc) is 2.60. The zero-order valence-corrected chi connectivity index (χ0v) is 14.0. The number of benzene rings is 1. The van der Waals surface area contributed by atoms with Crippen LogP contribution in [0.5, 0.6) is 5.88 Å². The molecule has 1 saturated carbocycles. The van der Waals surface area contributed by atoms with Gasteiger partial charge in [-0.05, 0) is 43.0 Å². The molecule has 1 fully saturated rings. The summed E-state index contributed by atoms with van der Waals surface area (Å²) >= 11 is 0. The van der Waals surface area contributed by atoms with Crippen molar-refractivity contribution in [2.75, 3.05) is 6.54 Å². The van der Waals surface area contributed by atoms with Crippen LogP contribution in [0.2, 0.25) is 0 Å². The molecule has 2 aromatic rings. The number of carbonyl (C=O) groups excluding carboxylic acids is 1. The largest absolute Gasteiger partial charge is 0.481 e. The summed E-state index contributed by atoms with van der Waals surface area (Å²) in [7, 11) is 0. The molecule has 136 valence electrons. The number of hydrogen-bond donors (Lipinski definition) is 2. The molecular formula is C19H19FN2O4. The predicted molar refractivity (Wildman–Crippen MR) is 91.6 cm³/mol. The van der Waals surface area contributed by atoms with Crippen LogP contribution in [0.15, 0.2) is 42.6 Å². The first-order valence-corrected chi connectivity index (χ1v) is 8.42. The summed E-state index contributed by atoms with van der Waals surface area (Å²) in [4.78, 5) is 27.9. The van der Waals surface area contributed by atoms with Crippen LogP contribution < -0.4 is 10.1 Å². The quantitative estimate of drug-likeness (QED) is 0.794. The number of hydrogen-bond acceptors (Lipinski definition) is 4. The fourth-order valence-corrected chi connectivity index (χ4v) is 2.61. The fraction of sp³-hybridized carbons (Fsp3) is 0.316. The summed E-state index contributed by atoms with van der Waals surface area (Å²) < 4.78 is 18.7. The first-order valence-electron chi connectivity index (χ1n) is 8.42. The van der Waals surface area contributed by atoms with Gasteiger partial charge in [-0.2, -0.15) is 0 Å². The molecule has 1 unspecified atom stereocenters. The Morgan fingerprint density at radius 2 is 2.00 bits per heavy atom. The Morgan fingerprint density at radius 3 is 2.62 bits per heavy atom. The standard InChI is InChI=1S/C19H19FN2O4/c20-14-6-4-12(5-7-14)16(19(24)25)11-22-18(23)13-8-9-21-17(10-13)26-15-2-1-3-15/h4-10,15-16H,1-3,11H2,(H,22,23)(H,24,25). The highest BCUT2D eigenvalue weighted by atomic mass is 19.1. The molecule has 0 saturated heterocycles. The van der Waals surface area contributed by atoms with Gasteiger partial charge >= 0.3 is 5.97 Å². The van der Waals surface area contributed by atoms with E-state index in [1.807, 2.05) is 0 Å². The first-order chi connectivity index (χ1) is 12.5. The molecule has 0 aliphatic heterocycles. The van der Waals surface area contributed by atoms with Crippen LogP contribution in [0.4, 0.5) is 4.39 Å². The number of halogens is 1. The normalized spacial score (nSPS) is 15.0. The third-order valence-electron chi connectivity index (χ3n) is 4.37. The smallest absolute Gasteiger partial charge is 0.312 e. The van der Waals surface area contributed by atoms with Crippen LogP contribution in [-0.2, 0) is 4.79 Å². The number of rotatable bonds is 7. The number of pyridine rings is 1. The van der Waals surface area contributed by atoms with E-state index in [0.717, 1.165) is 19.3 Å². The number of nitrogens with one attached hydrogen (secondary N) is 1. The number of carbonyl (C=O) groups is 2. The molecule has 1 atom stereocenters. The Morgan fingerprint density at radius 1 is 1.27 bits per heavy atom. The molecule has 1 amide bonds. The van der Waals surface area contributed by atoms with E-state index in [1.54, 1.807) is 6.07 Å². The number of ether oxygens (including phenoxy) is 1. The number of aromatic nitrogens is 1. The molecule has 0 bridgehead atoms. The third kappa shape index (κ3) is 4.36. The SMILES string of the molecule is O=C(NCC(C(=O)O)c1ccc(F)cc1)c1ccnc(OC2CCC2)c1. The molecule has 6 nitrogen and oxygen atoms in total. The van der Waals surface area contributed by atoms with E-state index in [-0.39, 0.29) is 12.6 Å². The van der Waals surface area contributed by atoms with Crippen molar-refractivity contribution in [1.29, 1.82) is 0 Å². The van der Waals surface area contributed by atoms with Crippen molar-refractivity contribution >= 4 is 11.9 Å². The van der Waals surface area contributed by atoms with Gasteiger partial charge < -0.3 is 15.2 Å². The lowest BCUT2D eigenvalue weighted by atomic mass is 9.96. The minimum Gasteiger partial charge on any atom is -0.481 e. The van der Waals surface area contributed by atoms with Crippen molar-refractivity contribution in [3.63, 3.8) is 0 Å². The van der Waals surface area contributed by atoms with Gasteiger partial charge in [0.05, 0.1) is 5.92 Å². The Labute approximate surface area is 150 Å². The zero-order chi connectivity index (χ0) is 18.5. The van der Waals surface area contributed by atoms with Gasteiger partial charge in [-0.25, -0.2) is 9.37 Å². The van der Waals surface area contributed by atoms with Gasteiger partial charge in [0.2, 0.25) is 5.88 Å². The molecule has 3 rings (SSSR count). The molecule has 1 aromatic heterocycles. The van der Waals surface area contributed by atoms with E-state index in [1.165, 1.54) is 36.5 Å². The highest BCUT2D eigenvalue weighted by Gasteiger charge is 2.22. The van der Waals surface area contributed by atoms with Crippen LogP contribution in [-0.4, -0.2) is 34.6 Å². The number of carboxylic acids is 1. The average molecular weight is 358 g/mol. The van der Waals surface area contributed by atoms with Crippen molar-refractivity contribution in [2.45, 2.75) is 31.3 Å². The lowest BCUT2D eigenvalue weighted by molar-refractivity contribution is -0.138. The van der Waals surface area contributed by atoms with Gasteiger partial charge in [-0.1, -0.05) is 12.1 Å². The molecular weight excluding hydrogens is 339 g/mol. The van der Waals surface area contributed by atoms with E-state index in [4.69, 9.17) is 4.74 Å². The van der Waals surface area contributed by atoms with Crippen molar-refractivity contribution in [2.24, 2.45) is 0 Å². The Kier molecular flexibility index (Phi) is 5.46. The second-order valence-corrected chi connectivity index (χ2v) is 6.21. The lowest BCUT2D eigenvalue weighted by Gasteiger charge is -2.25. The molecule has 1 aromatic carbocycles. The van der Waals surface area contributed by atoms with Crippen LogP contribution in [0.25, 0.3) is 0 Å². The molecule has 0 radical (unpaired) electrons. The van der Waals surface area contributed by atoms with E-state index in [0.29, 0.717) is 17.0 Å². The van der Waals surface area contributed by atoms with Crippen LogP contribution in [0.1, 0.15) is 41.1 Å². The van der Waals surface area contributed by atoms with Crippen molar-refractivity contribution < 1.29 is 23.8 Å². The minimum atomic E-state index is -1.10. The summed E-state index contributed by atoms with van der Waals surface area (Å²) in [6.45, 7) is -0.110. The monoisotopic (exact) mass is 358 g/mol.